The van der Waals surface area contributed by atoms with Gasteiger partial charge in [-0.15, -0.1) is 0 Å². The van der Waals surface area contributed by atoms with Crippen molar-refractivity contribution in [2.45, 2.75) is 65.8 Å². The van der Waals surface area contributed by atoms with Gasteiger partial charge in [0.2, 0.25) is 0 Å². The van der Waals surface area contributed by atoms with Crippen LogP contribution < -0.4 is 5.32 Å². The molecular weight excluding hydrogens is 258 g/mol. The number of hydrogen-bond donors (Lipinski definition) is 2. The molecule has 0 saturated heterocycles. The Balaban J connectivity index is 2.57. The minimum Gasteiger partial charge on any atom is -0.396 e. The summed E-state index contributed by atoms with van der Waals surface area (Å²) >= 11 is 0. The number of aryl methyl sites for hydroxylation is 1. The Bertz CT molecular complexity index is 373. The summed E-state index contributed by atoms with van der Waals surface area (Å²) in [6, 6.07) is 9.31. The highest BCUT2D eigenvalue weighted by molar-refractivity contribution is 5.24. The zero-order chi connectivity index (χ0) is 15.7. The van der Waals surface area contributed by atoms with Gasteiger partial charge in [0.1, 0.15) is 0 Å². The zero-order valence-corrected chi connectivity index (χ0v) is 14.3. The molecule has 0 aliphatic carbocycles. The maximum atomic E-state index is 9.64. The number of hydrogen-bond acceptors (Lipinski definition) is 2. The monoisotopic (exact) mass is 291 g/mol. The first-order chi connectivity index (χ1) is 10.1. The van der Waals surface area contributed by atoms with E-state index >= 15 is 0 Å². The molecule has 1 aromatic carbocycles. The van der Waals surface area contributed by atoms with Gasteiger partial charge in [-0.1, -0.05) is 51.5 Å². The van der Waals surface area contributed by atoms with Gasteiger partial charge in [-0.05, 0) is 43.7 Å². The normalized spacial score (nSPS) is 13.4. The second kappa shape index (κ2) is 9.22. The molecule has 0 aliphatic heterocycles. The number of unbranched alkanes of at least 4 members (excludes halogenated alkanes) is 1. The van der Waals surface area contributed by atoms with Crippen molar-refractivity contribution in [1.82, 2.24) is 5.32 Å². The van der Waals surface area contributed by atoms with Crippen molar-refractivity contribution in [1.29, 1.82) is 0 Å². The van der Waals surface area contributed by atoms with Crippen molar-refractivity contribution in [2.24, 2.45) is 5.41 Å². The van der Waals surface area contributed by atoms with E-state index in [9.17, 15) is 5.11 Å². The van der Waals surface area contributed by atoms with E-state index in [0.29, 0.717) is 6.04 Å². The molecule has 0 spiro atoms. The minimum absolute atomic E-state index is 0.0231. The first-order valence-corrected chi connectivity index (χ1v) is 8.53. The molecule has 120 valence electrons. The van der Waals surface area contributed by atoms with Gasteiger partial charge in [-0.25, -0.2) is 0 Å². The topological polar surface area (TPSA) is 32.3 Å². The fourth-order valence-electron chi connectivity index (χ4n) is 2.62. The van der Waals surface area contributed by atoms with Crippen LogP contribution >= 0.6 is 0 Å². The molecule has 0 radical (unpaired) electrons. The highest BCUT2D eigenvalue weighted by Gasteiger charge is 2.25. The fraction of sp³-hybridized carbons (Fsp3) is 0.684. The molecule has 0 heterocycles. The molecule has 2 heteroatoms. The Morgan fingerprint density at radius 1 is 1.10 bits per heavy atom. The molecule has 0 aliphatic rings. The molecule has 1 unspecified atom stereocenters. The maximum Gasteiger partial charge on any atom is 0.0499 e. The lowest BCUT2D eigenvalue weighted by molar-refractivity contribution is 0.110. The number of rotatable bonds is 10. The lowest BCUT2D eigenvalue weighted by Gasteiger charge is -2.31. The molecule has 2 nitrogen and oxygen atoms in total. The molecule has 1 aromatic rings. The Kier molecular flexibility index (Phi) is 7.98. The summed E-state index contributed by atoms with van der Waals surface area (Å²) in [4.78, 5) is 0. The van der Waals surface area contributed by atoms with Crippen LogP contribution in [0.2, 0.25) is 0 Å². The van der Waals surface area contributed by atoms with Crippen LogP contribution in [0, 0.1) is 5.41 Å². The average molecular weight is 291 g/mol. The first-order valence-electron chi connectivity index (χ1n) is 8.53. The van der Waals surface area contributed by atoms with Gasteiger partial charge < -0.3 is 10.4 Å². The Labute approximate surface area is 131 Å². The molecule has 0 bridgehead atoms. The first kappa shape index (κ1) is 18.2. The Morgan fingerprint density at radius 3 is 2.19 bits per heavy atom. The number of aliphatic hydroxyl groups excluding tert-OH is 1. The zero-order valence-electron chi connectivity index (χ0n) is 14.3. The predicted octanol–water partition coefficient (Wildman–Crippen LogP) is 4.48. The highest BCUT2D eigenvalue weighted by Crippen LogP contribution is 2.26. The van der Waals surface area contributed by atoms with Crippen molar-refractivity contribution in [2.75, 3.05) is 13.2 Å². The Hall–Kier alpha value is -0.860. The summed E-state index contributed by atoms with van der Waals surface area (Å²) in [7, 11) is 0. The second-order valence-electron chi connectivity index (χ2n) is 6.31. The largest absolute Gasteiger partial charge is 0.396 e. The van der Waals surface area contributed by atoms with E-state index < -0.39 is 0 Å². The van der Waals surface area contributed by atoms with Gasteiger partial charge >= 0.3 is 0 Å². The van der Waals surface area contributed by atoms with Crippen LogP contribution in [0.4, 0.5) is 0 Å². The summed E-state index contributed by atoms with van der Waals surface area (Å²) in [6.45, 7) is 9.89. The molecule has 2 N–H and O–H groups in total. The molecule has 0 saturated carbocycles. The van der Waals surface area contributed by atoms with E-state index in [1.165, 1.54) is 30.4 Å². The van der Waals surface area contributed by atoms with Gasteiger partial charge in [0.05, 0.1) is 0 Å². The molecule has 0 aromatic heterocycles. The standard InChI is InChI=1S/C19H33NO/c1-5-8-9-17-10-12-18(13-11-17)16(4)20-14-19(6-2,7-3)15-21/h10-13,16,20-21H,5-9,14-15H2,1-4H3. The van der Waals surface area contributed by atoms with E-state index in [-0.39, 0.29) is 12.0 Å². The summed E-state index contributed by atoms with van der Waals surface area (Å²) < 4.78 is 0. The summed E-state index contributed by atoms with van der Waals surface area (Å²) in [5.41, 5.74) is 2.78. The lowest BCUT2D eigenvalue weighted by Crippen LogP contribution is -2.37. The number of aliphatic hydroxyl groups is 1. The molecule has 0 fully saturated rings. The highest BCUT2D eigenvalue weighted by atomic mass is 16.3. The number of nitrogens with one attached hydrogen (secondary N) is 1. The van der Waals surface area contributed by atoms with Crippen molar-refractivity contribution in [3.05, 3.63) is 35.4 Å². The van der Waals surface area contributed by atoms with Crippen molar-refractivity contribution < 1.29 is 5.11 Å². The average Bonchev–Trinajstić information content (AvgIpc) is 2.55. The van der Waals surface area contributed by atoms with Gasteiger partial charge in [0.25, 0.3) is 0 Å². The van der Waals surface area contributed by atoms with Crippen LogP contribution in [0.3, 0.4) is 0 Å². The molecular formula is C19H33NO. The SMILES string of the molecule is CCCCc1ccc(C(C)NCC(CC)(CC)CO)cc1. The maximum absolute atomic E-state index is 9.64. The third-order valence-electron chi connectivity index (χ3n) is 4.92. The van der Waals surface area contributed by atoms with E-state index in [0.717, 1.165) is 19.4 Å². The van der Waals surface area contributed by atoms with Gasteiger partial charge in [0.15, 0.2) is 0 Å². The third-order valence-corrected chi connectivity index (χ3v) is 4.92. The smallest absolute Gasteiger partial charge is 0.0499 e. The molecule has 21 heavy (non-hydrogen) atoms. The van der Waals surface area contributed by atoms with Crippen molar-refractivity contribution >= 4 is 0 Å². The fourth-order valence-corrected chi connectivity index (χ4v) is 2.62. The summed E-state index contributed by atoms with van der Waals surface area (Å²) in [6.07, 6.45) is 5.71. The lowest BCUT2D eigenvalue weighted by atomic mass is 9.83. The molecule has 0 amide bonds. The van der Waals surface area contributed by atoms with Crippen LogP contribution in [0.15, 0.2) is 24.3 Å². The van der Waals surface area contributed by atoms with Crippen LogP contribution in [-0.2, 0) is 6.42 Å². The van der Waals surface area contributed by atoms with Gasteiger partial charge in [-0.3, -0.25) is 0 Å². The third kappa shape index (κ3) is 5.44. The van der Waals surface area contributed by atoms with E-state index in [1.807, 2.05) is 0 Å². The minimum atomic E-state index is 0.0231. The second-order valence-corrected chi connectivity index (χ2v) is 6.31. The number of benzene rings is 1. The van der Waals surface area contributed by atoms with Crippen LogP contribution in [0.1, 0.15) is 70.5 Å². The van der Waals surface area contributed by atoms with Gasteiger partial charge in [0, 0.05) is 24.6 Å². The van der Waals surface area contributed by atoms with Crippen LogP contribution in [-0.4, -0.2) is 18.3 Å². The van der Waals surface area contributed by atoms with Crippen LogP contribution in [0.5, 0.6) is 0 Å². The van der Waals surface area contributed by atoms with Gasteiger partial charge in [-0.2, -0.15) is 0 Å². The quantitative estimate of drug-likeness (QED) is 0.666. The van der Waals surface area contributed by atoms with Crippen molar-refractivity contribution in [3.63, 3.8) is 0 Å². The predicted molar refractivity (Wildman–Crippen MR) is 91.6 cm³/mol. The summed E-state index contributed by atoms with van der Waals surface area (Å²) in [5, 5.41) is 13.2. The van der Waals surface area contributed by atoms with Crippen LogP contribution in [0.25, 0.3) is 0 Å². The molecule has 1 atom stereocenters. The van der Waals surface area contributed by atoms with E-state index in [1.54, 1.807) is 0 Å². The van der Waals surface area contributed by atoms with E-state index in [2.05, 4.69) is 57.3 Å². The molecule has 1 rings (SSSR count). The summed E-state index contributed by atoms with van der Waals surface area (Å²) in [5.74, 6) is 0. The Morgan fingerprint density at radius 2 is 1.71 bits per heavy atom. The van der Waals surface area contributed by atoms with E-state index in [4.69, 9.17) is 0 Å². The van der Waals surface area contributed by atoms with Crippen molar-refractivity contribution in [3.8, 4) is 0 Å².